The molecule has 7 nitrogen and oxygen atoms in total. The molecule has 2 heterocycles. The van der Waals surface area contributed by atoms with Gasteiger partial charge in [0.1, 0.15) is 6.10 Å². The number of esters is 1. The van der Waals surface area contributed by atoms with E-state index in [1.54, 1.807) is 7.11 Å². The summed E-state index contributed by atoms with van der Waals surface area (Å²) in [5, 5.41) is 15.4. The Morgan fingerprint density at radius 1 is 1.24 bits per heavy atom. The van der Waals surface area contributed by atoms with E-state index >= 15 is 0 Å². The quantitative estimate of drug-likeness (QED) is 0.503. The molecule has 7 heteroatoms. The van der Waals surface area contributed by atoms with Gasteiger partial charge in [0.2, 0.25) is 0 Å². The fourth-order valence-corrected chi connectivity index (χ4v) is 6.44. The lowest BCUT2D eigenvalue weighted by atomic mass is 9.49. The molecule has 0 spiro atoms. The van der Waals surface area contributed by atoms with Gasteiger partial charge >= 0.3 is 5.97 Å². The van der Waals surface area contributed by atoms with Gasteiger partial charge in [-0.2, -0.15) is 0 Å². The molecule has 0 bridgehead atoms. The van der Waals surface area contributed by atoms with E-state index in [1.165, 1.54) is 0 Å². The molecule has 0 amide bonds. The van der Waals surface area contributed by atoms with Gasteiger partial charge in [0.15, 0.2) is 0 Å². The fourth-order valence-electron chi connectivity index (χ4n) is 6.44. The second kappa shape index (κ2) is 8.08. The predicted octanol–water partition coefficient (Wildman–Crippen LogP) is 1.19. The first-order valence-electron chi connectivity index (χ1n) is 11.3. The Morgan fingerprint density at radius 3 is 2.72 bits per heavy atom. The van der Waals surface area contributed by atoms with Crippen molar-refractivity contribution in [1.29, 1.82) is 0 Å². The molecule has 0 radical (unpaired) electrons. The highest BCUT2D eigenvalue weighted by Crippen LogP contribution is 2.61. The first-order chi connectivity index (χ1) is 13.8. The van der Waals surface area contributed by atoms with E-state index in [2.05, 4.69) is 17.1 Å². The summed E-state index contributed by atoms with van der Waals surface area (Å²) < 4.78 is 17.1. The van der Waals surface area contributed by atoms with E-state index in [0.29, 0.717) is 13.0 Å². The topological polar surface area (TPSA) is 80.3 Å². The molecule has 0 aromatic rings. The molecule has 2 N–H and O–H groups in total. The van der Waals surface area contributed by atoms with Gasteiger partial charge in [0, 0.05) is 51.2 Å². The third-order valence-electron chi connectivity index (χ3n) is 8.53. The van der Waals surface area contributed by atoms with Gasteiger partial charge in [-0.1, -0.05) is 6.92 Å². The van der Waals surface area contributed by atoms with Gasteiger partial charge in [-0.05, 0) is 39.0 Å². The van der Waals surface area contributed by atoms with Crippen molar-refractivity contribution >= 4 is 5.97 Å². The summed E-state index contributed by atoms with van der Waals surface area (Å²) in [6.45, 7) is 10.2. The number of carbonyl (C=O) groups excluding carboxylic acids is 1. The minimum absolute atomic E-state index is 0.0454. The van der Waals surface area contributed by atoms with E-state index in [9.17, 15) is 9.90 Å². The Bertz CT molecular complexity index is 612. The Hall–Kier alpha value is -0.730. The van der Waals surface area contributed by atoms with Crippen LogP contribution in [-0.4, -0.2) is 86.3 Å². The first kappa shape index (κ1) is 21.5. The fraction of sp³-hybridized carbons (Fsp3) is 0.955. The molecule has 166 valence electrons. The van der Waals surface area contributed by atoms with Crippen LogP contribution >= 0.6 is 0 Å². The highest BCUT2D eigenvalue weighted by Gasteiger charge is 2.67. The maximum atomic E-state index is 12.7. The molecule has 0 aromatic heterocycles. The van der Waals surface area contributed by atoms with Crippen LogP contribution in [0.5, 0.6) is 0 Å². The van der Waals surface area contributed by atoms with Crippen LogP contribution in [0.2, 0.25) is 0 Å². The van der Waals surface area contributed by atoms with Crippen molar-refractivity contribution in [3.05, 3.63) is 0 Å². The molecule has 4 fully saturated rings. The zero-order valence-electron chi connectivity index (χ0n) is 18.2. The number of nitrogens with one attached hydrogen (secondary N) is 1. The van der Waals surface area contributed by atoms with Crippen molar-refractivity contribution < 1.29 is 24.1 Å². The molecule has 2 saturated heterocycles. The van der Waals surface area contributed by atoms with E-state index in [1.807, 2.05) is 6.92 Å². The number of ether oxygens (including phenoxy) is 3. The largest absolute Gasteiger partial charge is 0.462 e. The van der Waals surface area contributed by atoms with Crippen molar-refractivity contribution in [2.24, 2.45) is 17.3 Å². The Balaban J connectivity index is 1.40. The summed E-state index contributed by atoms with van der Waals surface area (Å²) in [6.07, 6.45) is 4.04. The predicted molar refractivity (Wildman–Crippen MR) is 109 cm³/mol. The lowest BCUT2D eigenvalue weighted by Crippen LogP contribution is -2.69. The van der Waals surface area contributed by atoms with E-state index in [-0.39, 0.29) is 29.3 Å². The molecule has 4 rings (SSSR count). The van der Waals surface area contributed by atoms with Gasteiger partial charge < -0.3 is 24.6 Å². The van der Waals surface area contributed by atoms with E-state index in [0.717, 1.165) is 65.1 Å². The van der Waals surface area contributed by atoms with Crippen molar-refractivity contribution in [3.63, 3.8) is 0 Å². The monoisotopic (exact) mass is 410 g/mol. The summed E-state index contributed by atoms with van der Waals surface area (Å²) in [4.78, 5) is 15.1. The lowest BCUT2D eigenvalue weighted by Gasteiger charge is -2.62. The zero-order chi connectivity index (χ0) is 20.7. The smallest absolute Gasteiger partial charge is 0.310 e. The van der Waals surface area contributed by atoms with E-state index < -0.39 is 11.2 Å². The SMILES string of the molecule is CO[C@@]1(C)CCC[C@@]2(C)C[C@H]3OC(=O)[C@@H](CNCCN4CCOCC4)[C@@H]3C[C@@]21O. The summed E-state index contributed by atoms with van der Waals surface area (Å²) in [5.74, 6) is -0.255. The molecule has 6 atom stereocenters. The molecule has 0 aromatic carbocycles. The van der Waals surface area contributed by atoms with Gasteiger partial charge in [0.05, 0.1) is 30.3 Å². The second-order valence-electron chi connectivity index (χ2n) is 10.0. The van der Waals surface area contributed by atoms with Crippen LogP contribution in [0.3, 0.4) is 0 Å². The third kappa shape index (κ3) is 3.63. The third-order valence-corrected chi connectivity index (χ3v) is 8.53. The van der Waals surface area contributed by atoms with Crippen molar-refractivity contribution in [1.82, 2.24) is 10.2 Å². The van der Waals surface area contributed by atoms with E-state index in [4.69, 9.17) is 14.2 Å². The molecule has 2 aliphatic heterocycles. The molecule has 2 aliphatic carbocycles. The van der Waals surface area contributed by atoms with Gasteiger partial charge in [-0.3, -0.25) is 9.69 Å². The zero-order valence-corrected chi connectivity index (χ0v) is 18.2. The number of rotatable bonds is 6. The summed E-state index contributed by atoms with van der Waals surface area (Å²) in [6, 6.07) is 0. The van der Waals surface area contributed by atoms with Crippen molar-refractivity contribution in [3.8, 4) is 0 Å². The van der Waals surface area contributed by atoms with Crippen LogP contribution in [0, 0.1) is 17.3 Å². The van der Waals surface area contributed by atoms with Gasteiger partial charge in [0.25, 0.3) is 0 Å². The minimum atomic E-state index is -0.936. The molecular formula is C22H38N2O5. The average Bonchev–Trinajstić information content (AvgIpc) is 2.99. The number of hydrogen-bond donors (Lipinski definition) is 2. The summed E-state index contributed by atoms with van der Waals surface area (Å²) in [5.41, 5.74) is -1.80. The van der Waals surface area contributed by atoms with Crippen LogP contribution in [0.15, 0.2) is 0 Å². The highest BCUT2D eigenvalue weighted by atomic mass is 16.6. The van der Waals surface area contributed by atoms with Crippen LogP contribution in [0.1, 0.15) is 46.0 Å². The standard InChI is InChI=1S/C22H38N2O5/c1-20-5-4-6-21(2,27-3)22(20,26)13-16-17(19(25)29-18(16)14-20)15-23-7-8-24-9-11-28-12-10-24/h16-18,23,26H,4-15H2,1-3H3/t16-,17-,18+,20-,21-,22+/m0/s1. The number of nitrogens with zero attached hydrogens (tertiary/aromatic N) is 1. The number of hydrogen-bond acceptors (Lipinski definition) is 7. The molecular weight excluding hydrogens is 372 g/mol. The molecule has 2 saturated carbocycles. The number of methoxy groups -OCH3 is 1. The number of carbonyl (C=O) groups is 1. The minimum Gasteiger partial charge on any atom is -0.462 e. The lowest BCUT2D eigenvalue weighted by molar-refractivity contribution is -0.270. The van der Waals surface area contributed by atoms with Crippen molar-refractivity contribution in [2.45, 2.75) is 63.3 Å². The maximum absolute atomic E-state index is 12.7. The Morgan fingerprint density at radius 2 is 2.00 bits per heavy atom. The highest BCUT2D eigenvalue weighted by molar-refractivity contribution is 5.75. The molecule has 29 heavy (non-hydrogen) atoms. The Kier molecular flexibility index (Phi) is 5.99. The van der Waals surface area contributed by atoms with Crippen LogP contribution in [0.25, 0.3) is 0 Å². The van der Waals surface area contributed by atoms with Crippen LogP contribution in [-0.2, 0) is 19.0 Å². The summed E-state index contributed by atoms with van der Waals surface area (Å²) >= 11 is 0. The number of morpholine rings is 1. The number of aliphatic hydroxyl groups is 1. The van der Waals surface area contributed by atoms with Gasteiger partial charge in [-0.25, -0.2) is 0 Å². The second-order valence-corrected chi connectivity index (χ2v) is 10.0. The molecule has 0 unspecified atom stereocenters. The first-order valence-corrected chi connectivity index (χ1v) is 11.3. The molecule has 4 aliphatic rings. The summed E-state index contributed by atoms with van der Waals surface area (Å²) in [7, 11) is 1.71. The van der Waals surface area contributed by atoms with Gasteiger partial charge in [-0.15, -0.1) is 0 Å². The maximum Gasteiger partial charge on any atom is 0.310 e. The Labute approximate surface area is 174 Å². The van der Waals surface area contributed by atoms with Crippen molar-refractivity contribution in [2.75, 3.05) is 53.0 Å². The normalized spacial score (nSPS) is 45.5. The van der Waals surface area contributed by atoms with Crippen LogP contribution < -0.4 is 5.32 Å². The number of fused-ring (bicyclic) bond motifs is 2. The average molecular weight is 411 g/mol. The van der Waals surface area contributed by atoms with Crippen LogP contribution in [0.4, 0.5) is 0 Å².